The molecule has 2 aromatic rings. The van der Waals surface area contributed by atoms with Crippen LogP contribution in [0, 0.1) is 12.8 Å². The van der Waals surface area contributed by atoms with Crippen LogP contribution in [0.5, 0.6) is 0 Å². The van der Waals surface area contributed by atoms with Gasteiger partial charge in [0, 0.05) is 29.9 Å². The third kappa shape index (κ3) is 3.80. The van der Waals surface area contributed by atoms with Gasteiger partial charge >= 0.3 is 0 Å². The van der Waals surface area contributed by atoms with Crippen LogP contribution in [0.3, 0.4) is 0 Å². The molecule has 5 rings (SSSR count). The Hall–Kier alpha value is -1.78. The number of nitrogens with one attached hydrogen (secondary N) is 1. The zero-order valence-corrected chi connectivity index (χ0v) is 18.6. The number of thiophene rings is 1. The Bertz CT molecular complexity index is 1050. The molecule has 162 valence electrons. The van der Waals surface area contributed by atoms with Crippen LogP contribution in [0.4, 0.5) is 0 Å². The minimum absolute atomic E-state index is 0.0181. The first kappa shape index (κ1) is 20.1. The summed E-state index contributed by atoms with van der Waals surface area (Å²) in [6.45, 7) is 2.48. The molecule has 0 spiro atoms. The lowest BCUT2D eigenvalue weighted by atomic mass is 9.85. The summed E-state index contributed by atoms with van der Waals surface area (Å²) in [6.07, 6.45) is 6.77. The quantitative estimate of drug-likeness (QED) is 0.725. The number of carbonyl (C=O) groups excluding carboxylic acids is 1. The summed E-state index contributed by atoms with van der Waals surface area (Å²) in [4.78, 5) is 18.6. The lowest BCUT2D eigenvalue weighted by Gasteiger charge is -2.31. The molecule has 0 unspecified atom stereocenters. The van der Waals surface area contributed by atoms with E-state index in [1.807, 2.05) is 0 Å². The summed E-state index contributed by atoms with van der Waals surface area (Å²) in [5.41, 5.74) is 0. The highest BCUT2D eigenvalue weighted by atomic mass is 32.2. The van der Waals surface area contributed by atoms with Gasteiger partial charge in [-0.25, -0.2) is 8.42 Å². The first-order valence-corrected chi connectivity index (χ1v) is 12.9. The highest BCUT2D eigenvalue weighted by Crippen LogP contribution is 2.38. The third-order valence-corrected chi connectivity index (χ3v) is 9.45. The van der Waals surface area contributed by atoms with Crippen LogP contribution in [-0.4, -0.2) is 47.9 Å². The van der Waals surface area contributed by atoms with Gasteiger partial charge in [0.1, 0.15) is 0 Å². The van der Waals surface area contributed by atoms with Crippen LogP contribution in [0.15, 0.2) is 15.5 Å². The maximum Gasteiger partial charge on any atom is 0.244 e. The van der Waals surface area contributed by atoms with Crippen molar-refractivity contribution in [2.24, 2.45) is 5.92 Å². The summed E-state index contributed by atoms with van der Waals surface area (Å²) in [6, 6.07) is 1.93. The van der Waals surface area contributed by atoms with E-state index in [0.717, 1.165) is 32.1 Å². The van der Waals surface area contributed by atoms with Crippen LogP contribution in [0.1, 0.15) is 61.6 Å². The highest BCUT2D eigenvalue weighted by Gasteiger charge is 2.36. The fraction of sp³-hybridized carbons (Fsp3) is 0.650. The van der Waals surface area contributed by atoms with Gasteiger partial charge in [0.25, 0.3) is 0 Å². The lowest BCUT2D eigenvalue weighted by Crippen LogP contribution is -2.45. The van der Waals surface area contributed by atoms with Crippen molar-refractivity contribution in [3.8, 4) is 10.7 Å². The van der Waals surface area contributed by atoms with Gasteiger partial charge in [0.2, 0.25) is 27.6 Å². The van der Waals surface area contributed by atoms with E-state index < -0.39 is 10.0 Å². The van der Waals surface area contributed by atoms with Crippen LogP contribution < -0.4 is 5.32 Å². The van der Waals surface area contributed by atoms with Crippen molar-refractivity contribution in [2.45, 2.75) is 68.7 Å². The molecule has 2 saturated carbocycles. The van der Waals surface area contributed by atoms with Crippen molar-refractivity contribution in [2.75, 3.05) is 13.1 Å². The van der Waals surface area contributed by atoms with E-state index in [-0.39, 0.29) is 29.3 Å². The number of hydrogen-bond donors (Lipinski definition) is 1. The average Bonchev–Trinajstić information content (AvgIpc) is 3.21. The molecule has 2 aromatic heterocycles. The molecule has 10 heteroatoms. The van der Waals surface area contributed by atoms with Crippen molar-refractivity contribution >= 4 is 27.3 Å². The predicted molar refractivity (Wildman–Crippen MR) is 112 cm³/mol. The average molecular weight is 451 g/mol. The number of amides is 1. The van der Waals surface area contributed by atoms with Crippen molar-refractivity contribution in [1.82, 2.24) is 19.8 Å². The van der Waals surface area contributed by atoms with E-state index in [4.69, 9.17) is 4.52 Å². The summed E-state index contributed by atoms with van der Waals surface area (Å²) in [5, 5.41) is 7.08. The standard InChI is InChI=1S/C20H26N4O4S2/c1-12-17(10-16(29-12)18-22-20(28-23-18)13-4-2-5-13)30(26,27)24-9-3-6-14(11-24)19(25)21-15-7-8-15/h10,13-15H,2-9,11H2,1H3,(H,21,25)/t14-/m1/s1. The van der Waals surface area contributed by atoms with Gasteiger partial charge in [0.15, 0.2) is 0 Å². The lowest BCUT2D eigenvalue weighted by molar-refractivity contribution is -0.126. The molecule has 1 N–H and O–H groups in total. The Morgan fingerprint density at radius 1 is 1.23 bits per heavy atom. The normalized spacial score (nSPS) is 23.3. The molecule has 3 fully saturated rings. The topological polar surface area (TPSA) is 105 Å². The smallest absolute Gasteiger partial charge is 0.244 e. The Labute approximate surface area is 180 Å². The van der Waals surface area contributed by atoms with E-state index in [1.54, 1.807) is 13.0 Å². The zero-order valence-electron chi connectivity index (χ0n) is 17.0. The Morgan fingerprint density at radius 3 is 2.73 bits per heavy atom. The van der Waals surface area contributed by atoms with Gasteiger partial charge in [-0.15, -0.1) is 11.3 Å². The molecule has 2 aliphatic carbocycles. The van der Waals surface area contributed by atoms with Crippen molar-refractivity contribution in [3.05, 3.63) is 16.8 Å². The number of carbonyl (C=O) groups is 1. The number of aryl methyl sites for hydroxylation is 1. The summed E-state index contributed by atoms with van der Waals surface area (Å²) in [7, 11) is -3.68. The molecule has 1 saturated heterocycles. The van der Waals surface area contributed by atoms with Crippen molar-refractivity contribution in [3.63, 3.8) is 0 Å². The van der Waals surface area contributed by atoms with Gasteiger partial charge < -0.3 is 9.84 Å². The minimum atomic E-state index is -3.68. The van der Waals surface area contributed by atoms with Crippen molar-refractivity contribution in [1.29, 1.82) is 0 Å². The second-order valence-electron chi connectivity index (χ2n) is 8.60. The van der Waals surface area contributed by atoms with E-state index in [2.05, 4.69) is 15.5 Å². The Morgan fingerprint density at radius 2 is 2.03 bits per heavy atom. The first-order valence-electron chi connectivity index (χ1n) is 10.7. The van der Waals surface area contributed by atoms with Crippen LogP contribution >= 0.6 is 11.3 Å². The molecular weight excluding hydrogens is 424 g/mol. The number of nitrogens with zero attached hydrogens (tertiary/aromatic N) is 3. The summed E-state index contributed by atoms with van der Waals surface area (Å²) < 4.78 is 33.6. The minimum Gasteiger partial charge on any atom is -0.353 e. The van der Waals surface area contributed by atoms with E-state index in [1.165, 1.54) is 22.1 Å². The number of hydrogen-bond acceptors (Lipinski definition) is 7. The number of sulfonamides is 1. The zero-order chi connectivity index (χ0) is 20.9. The molecule has 1 atom stereocenters. The van der Waals surface area contributed by atoms with Gasteiger partial charge in [-0.3, -0.25) is 4.79 Å². The first-order chi connectivity index (χ1) is 14.4. The fourth-order valence-electron chi connectivity index (χ4n) is 4.05. The molecule has 8 nitrogen and oxygen atoms in total. The second kappa shape index (κ2) is 7.72. The summed E-state index contributed by atoms with van der Waals surface area (Å²) in [5.74, 6) is 1.13. The highest BCUT2D eigenvalue weighted by molar-refractivity contribution is 7.89. The van der Waals surface area contributed by atoms with Crippen LogP contribution in [-0.2, 0) is 14.8 Å². The van der Waals surface area contributed by atoms with Gasteiger partial charge in [-0.1, -0.05) is 11.6 Å². The summed E-state index contributed by atoms with van der Waals surface area (Å²) >= 11 is 1.36. The molecule has 0 bridgehead atoms. The largest absolute Gasteiger partial charge is 0.353 e. The number of piperidine rings is 1. The van der Waals surface area contributed by atoms with Crippen LogP contribution in [0.2, 0.25) is 0 Å². The molecule has 0 radical (unpaired) electrons. The predicted octanol–water partition coefficient (Wildman–Crippen LogP) is 3.05. The second-order valence-corrected chi connectivity index (χ2v) is 11.8. The van der Waals surface area contributed by atoms with E-state index in [9.17, 15) is 13.2 Å². The van der Waals surface area contributed by atoms with Gasteiger partial charge in [0.05, 0.1) is 15.7 Å². The molecule has 3 aliphatic rings. The molecule has 30 heavy (non-hydrogen) atoms. The molecule has 1 aliphatic heterocycles. The van der Waals surface area contributed by atoms with Crippen LogP contribution in [0.25, 0.3) is 10.7 Å². The van der Waals surface area contributed by atoms with E-state index >= 15 is 0 Å². The maximum absolute atomic E-state index is 13.4. The number of rotatable bonds is 6. The molecule has 0 aromatic carbocycles. The Balaban J connectivity index is 1.34. The fourth-order valence-corrected chi connectivity index (χ4v) is 7.06. The molecule has 1 amide bonds. The Kier molecular flexibility index (Phi) is 5.19. The maximum atomic E-state index is 13.4. The van der Waals surface area contributed by atoms with Gasteiger partial charge in [-0.2, -0.15) is 9.29 Å². The third-order valence-electron chi connectivity index (χ3n) is 6.29. The van der Waals surface area contributed by atoms with E-state index in [0.29, 0.717) is 40.4 Å². The molecule has 3 heterocycles. The monoisotopic (exact) mass is 450 g/mol. The van der Waals surface area contributed by atoms with Crippen molar-refractivity contribution < 1.29 is 17.7 Å². The number of aromatic nitrogens is 2. The molecular formula is C20H26N4O4S2. The SMILES string of the molecule is Cc1sc(-c2noc(C3CCC3)n2)cc1S(=O)(=O)N1CCC[C@@H](C(=O)NC2CC2)C1. The van der Waals surface area contributed by atoms with Gasteiger partial charge in [-0.05, 0) is 51.5 Å².